The largest absolute Gasteiger partial charge is 0.478 e. The van der Waals surface area contributed by atoms with Crippen LogP contribution < -0.4 is 4.72 Å². The lowest BCUT2D eigenvalue weighted by atomic mass is 10.0. The highest BCUT2D eigenvalue weighted by molar-refractivity contribution is 7.92. The molecule has 0 aliphatic heterocycles. The second-order valence-corrected chi connectivity index (χ2v) is 8.30. The Morgan fingerprint density at radius 2 is 1.32 bits per heavy atom. The fraction of sp³-hybridized carbons (Fsp3) is 0.136. The fourth-order valence-electron chi connectivity index (χ4n) is 2.77. The fourth-order valence-corrected chi connectivity index (χ4v) is 3.83. The predicted molar refractivity (Wildman–Crippen MR) is 109 cm³/mol. The topological polar surface area (TPSA) is 83.5 Å². The molecule has 3 rings (SSSR count). The Kier molecular flexibility index (Phi) is 5.80. The number of hydrogen-bond donors (Lipinski definition) is 2. The molecule has 0 aliphatic rings. The number of aryl methyl sites for hydroxylation is 3. The highest BCUT2D eigenvalue weighted by Crippen LogP contribution is 2.18. The van der Waals surface area contributed by atoms with E-state index in [1.807, 2.05) is 31.2 Å². The molecule has 3 aromatic rings. The van der Waals surface area contributed by atoms with Gasteiger partial charge in [-0.2, -0.15) is 0 Å². The number of carbonyl (C=O) groups is 1. The Balaban J connectivity index is 1.61. The number of aromatic carboxylic acids is 1. The van der Waals surface area contributed by atoms with E-state index >= 15 is 0 Å². The molecule has 0 aliphatic carbocycles. The van der Waals surface area contributed by atoms with E-state index in [1.165, 1.54) is 0 Å². The second-order valence-electron chi connectivity index (χ2n) is 6.62. The summed E-state index contributed by atoms with van der Waals surface area (Å²) >= 11 is 0. The number of anilines is 1. The molecule has 28 heavy (non-hydrogen) atoms. The molecule has 0 saturated carbocycles. The summed E-state index contributed by atoms with van der Waals surface area (Å²) in [6, 6.07) is 20.8. The van der Waals surface area contributed by atoms with Crippen LogP contribution in [-0.2, 0) is 22.9 Å². The van der Waals surface area contributed by atoms with Gasteiger partial charge in [0, 0.05) is 5.69 Å². The average Bonchev–Trinajstić information content (AvgIpc) is 2.68. The first-order valence-corrected chi connectivity index (χ1v) is 10.3. The number of hydrogen-bond acceptors (Lipinski definition) is 3. The SMILES string of the molecule is Cc1ccc(S(=O)(=O)Nc2ccc(CCc3ccc(C(=O)O)cc3)cc2)cc1. The summed E-state index contributed by atoms with van der Waals surface area (Å²) in [5.41, 5.74) is 3.90. The summed E-state index contributed by atoms with van der Waals surface area (Å²) in [4.78, 5) is 11.1. The predicted octanol–water partition coefficient (Wildman–Crippen LogP) is 4.28. The lowest BCUT2D eigenvalue weighted by Gasteiger charge is -2.09. The van der Waals surface area contributed by atoms with Crippen LogP contribution in [0.5, 0.6) is 0 Å². The highest BCUT2D eigenvalue weighted by Gasteiger charge is 2.13. The van der Waals surface area contributed by atoms with Gasteiger partial charge in [-0.25, -0.2) is 13.2 Å². The Morgan fingerprint density at radius 1 is 0.821 bits per heavy atom. The van der Waals surface area contributed by atoms with Crippen molar-refractivity contribution in [2.45, 2.75) is 24.7 Å². The van der Waals surface area contributed by atoms with Gasteiger partial charge in [0.05, 0.1) is 10.5 Å². The molecule has 0 spiro atoms. The molecule has 6 heteroatoms. The van der Waals surface area contributed by atoms with E-state index in [2.05, 4.69) is 4.72 Å². The number of carboxylic acids is 1. The van der Waals surface area contributed by atoms with Crippen molar-refractivity contribution in [3.63, 3.8) is 0 Å². The molecule has 0 unspecified atom stereocenters. The molecule has 0 heterocycles. The lowest BCUT2D eigenvalue weighted by molar-refractivity contribution is 0.0697. The van der Waals surface area contributed by atoms with Crippen molar-refractivity contribution in [1.29, 1.82) is 0 Å². The van der Waals surface area contributed by atoms with Gasteiger partial charge in [-0.05, 0) is 67.3 Å². The molecule has 0 aromatic heterocycles. The van der Waals surface area contributed by atoms with E-state index in [0.29, 0.717) is 5.69 Å². The summed E-state index contributed by atoms with van der Waals surface area (Å²) in [6.07, 6.45) is 1.55. The first-order chi connectivity index (χ1) is 13.3. The van der Waals surface area contributed by atoms with Crippen molar-refractivity contribution < 1.29 is 18.3 Å². The maximum Gasteiger partial charge on any atom is 0.335 e. The van der Waals surface area contributed by atoms with Gasteiger partial charge >= 0.3 is 5.97 Å². The van der Waals surface area contributed by atoms with Gasteiger partial charge < -0.3 is 5.11 Å². The summed E-state index contributed by atoms with van der Waals surface area (Å²) in [5, 5.41) is 8.93. The first kappa shape index (κ1) is 19.6. The van der Waals surface area contributed by atoms with Crippen molar-refractivity contribution in [2.24, 2.45) is 0 Å². The molecular weight excluding hydrogens is 374 g/mol. The Hall–Kier alpha value is -3.12. The van der Waals surface area contributed by atoms with Crippen LogP contribution in [0.1, 0.15) is 27.0 Å². The van der Waals surface area contributed by atoms with E-state index in [9.17, 15) is 13.2 Å². The van der Waals surface area contributed by atoms with Crippen molar-refractivity contribution in [2.75, 3.05) is 4.72 Å². The average molecular weight is 395 g/mol. The lowest BCUT2D eigenvalue weighted by Crippen LogP contribution is -2.12. The number of rotatable bonds is 7. The summed E-state index contributed by atoms with van der Waals surface area (Å²) in [7, 11) is -3.61. The van der Waals surface area contributed by atoms with E-state index < -0.39 is 16.0 Å². The van der Waals surface area contributed by atoms with Crippen LogP contribution in [0.15, 0.2) is 77.7 Å². The molecule has 0 radical (unpaired) electrons. The maximum atomic E-state index is 12.4. The molecule has 0 atom stereocenters. The van der Waals surface area contributed by atoms with Crippen LogP contribution in [0.25, 0.3) is 0 Å². The molecule has 0 fully saturated rings. The van der Waals surface area contributed by atoms with E-state index in [0.717, 1.165) is 29.5 Å². The minimum absolute atomic E-state index is 0.229. The zero-order valence-corrected chi connectivity index (χ0v) is 16.2. The normalized spacial score (nSPS) is 11.2. The van der Waals surface area contributed by atoms with Gasteiger partial charge in [-0.1, -0.05) is 42.0 Å². The van der Waals surface area contributed by atoms with E-state index in [4.69, 9.17) is 5.11 Å². The van der Waals surface area contributed by atoms with Crippen LogP contribution >= 0.6 is 0 Å². The molecule has 5 nitrogen and oxygen atoms in total. The zero-order chi connectivity index (χ0) is 20.1. The van der Waals surface area contributed by atoms with Crippen LogP contribution in [0.3, 0.4) is 0 Å². The maximum absolute atomic E-state index is 12.4. The van der Waals surface area contributed by atoms with Crippen molar-refractivity contribution >= 4 is 21.7 Å². The van der Waals surface area contributed by atoms with Gasteiger partial charge in [-0.3, -0.25) is 4.72 Å². The van der Waals surface area contributed by atoms with Gasteiger partial charge in [0.2, 0.25) is 0 Å². The highest BCUT2D eigenvalue weighted by atomic mass is 32.2. The van der Waals surface area contributed by atoms with Crippen LogP contribution in [0, 0.1) is 6.92 Å². The number of nitrogens with one attached hydrogen (secondary N) is 1. The molecule has 144 valence electrons. The van der Waals surface area contributed by atoms with Crippen LogP contribution in [0.4, 0.5) is 5.69 Å². The number of carboxylic acid groups (broad SMARTS) is 1. The van der Waals surface area contributed by atoms with E-state index in [-0.39, 0.29) is 10.5 Å². The quantitative estimate of drug-likeness (QED) is 0.625. The minimum Gasteiger partial charge on any atom is -0.478 e. The van der Waals surface area contributed by atoms with E-state index in [1.54, 1.807) is 48.5 Å². The zero-order valence-electron chi connectivity index (χ0n) is 15.4. The Bertz CT molecular complexity index is 1060. The molecule has 0 saturated heterocycles. The Morgan fingerprint density at radius 3 is 1.82 bits per heavy atom. The summed E-state index contributed by atoms with van der Waals surface area (Å²) in [6.45, 7) is 1.91. The van der Waals surface area contributed by atoms with Crippen molar-refractivity contribution in [1.82, 2.24) is 0 Å². The monoisotopic (exact) mass is 395 g/mol. The summed E-state index contributed by atoms with van der Waals surface area (Å²) < 4.78 is 27.5. The standard InChI is InChI=1S/C22H21NO4S/c1-16-2-14-21(15-3-16)28(26,27)23-20-12-8-18(9-13-20)5-4-17-6-10-19(11-7-17)22(24)25/h2-3,6-15,23H,4-5H2,1H3,(H,24,25). The third-order valence-electron chi connectivity index (χ3n) is 4.44. The smallest absolute Gasteiger partial charge is 0.335 e. The van der Waals surface area contributed by atoms with Gasteiger partial charge in [0.1, 0.15) is 0 Å². The first-order valence-electron chi connectivity index (χ1n) is 8.84. The van der Waals surface area contributed by atoms with Crippen molar-refractivity contribution in [3.8, 4) is 0 Å². The van der Waals surface area contributed by atoms with Gasteiger partial charge in [0.15, 0.2) is 0 Å². The van der Waals surface area contributed by atoms with Crippen LogP contribution in [-0.4, -0.2) is 19.5 Å². The van der Waals surface area contributed by atoms with Gasteiger partial charge in [0.25, 0.3) is 10.0 Å². The minimum atomic E-state index is -3.61. The molecule has 3 aromatic carbocycles. The number of sulfonamides is 1. The van der Waals surface area contributed by atoms with Crippen molar-refractivity contribution in [3.05, 3.63) is 95.1 Å². The molecular formula is C22H21NO4S. The molecule has 0 bridgehead atoms. The third-order valence-corrected chi connectivity index (χ3v) is 5.84. The second kappa shape index (κ2) is 8.27. The Labute approximate surface area is 164 Å². The van der Waals surface area contributed by atoms with Crippen LogP contribution in [0.2, 0.25) is 0 Å². The number of benzene rings is 3. The summed E-state index contributed by atoms with van der Waals surface area (Å²) in [5.74, 6) is -0.935. The third kappa shape index (κ3) is 4.98. The molecule has 0 amide bonds. The van der Waals surface area contributed by atoms with Gasteiger partial charge in [-0.15, -0.1) is 0 Å². The molecule has 2 N–H and O–H groups in total.